The van der Waals surface area contributed by atoms with Crippen molar-refractivity contribution < 1.29 is 24.2 Å². The zero-order chi connectivity index (χ0) is 18.2. The first-order valence-electron chi connectivity index (χ1n) is 7.89. The van der Waals surface area contributed by atoms with E-state index in [9.17, 15) is 14.4 Å². The topological polar surface area (TPSA) is 105 Å². The van der Waals surface area contributed by atoms with E-state index in [-0.39, 0.29) is 24.8 Å². The summed E-state index contributed by atoms with van der Waals surface area (Å²) in [4.78, 5) is 34.5. The number of ether oxygens (including phenoxy) is 1. The molecule has 2 atom stereocenters. The zero-order valence-corrected chi connectivity index (χ0v) is 14.9. The molecule has 7 heteroatoms. The van der Waals surface area contributed by atoms with E-state index < -0.39 is 29.6 Å². The Kier molecular flexibility index (Phi) is 8.64. The summed E-state index contributed by atoms with van der Waals surface area (Å²) in [5.74, 6) is -1.59. The third-order valence-corrected chi connectivity index (χ3v) is 2.91. The van der Waals surface area contributed by atoms with Crippen LogP contribution >= 0.6 is 0 Å². The number of carbonyl (C=O) groups excluding carboxylic acids is 2. The number of carboxylic acids is 1. The van der Waals surface area contributed by atoms with Gasteiger partial charge in [0.05, 0.1) is 5.92 Å². The molecule has 0 heterocycles. The Bertz CT molecular complexity index is 415. The number of aliphatic carboxylic acids is 1. The highest BCUT2D eigenvalue weighted by atomic mass is 16.6. The second-order valence-corrected chi connectivity index (χ2v) is 7.22. The van der Waals surface area contributed by atoms with E-state index in [1.165, 1.54) is 0 Å². The van der Waals surface area contributed by atoms with Crippen molar-refractivity contribution in [3.05, 3.63) is 0 Å². The standard InChI is InChI=1S/C16H30N2O5/c1-10(2)7-12(14(20)21)9-17-13(19)8-11(3)18-15(22)23-16(4,5)6/h10-12H,7-9H2,1-6H3,(H,17,19)(H,18,22)(H,20,21). The minimum Gasteiger partial charge on any atom is -0.481 e. The maximum absolute atomic E-state index is 11.8. The molecule has 7 nitrogen and oxygen atoms in total. The van der Waals surface area contributed by atoms with E-state index in [2.05, 4.69) is 10.6 Å². The lowest BCUT2D eigenvalue weighted by atomic mass is 9.97. The smallest absolute Gasteiger partial charge is 0.407 e. The number of hydrogen-bond donors (Lipinski definition) is 3. The van der Waals surface area contributed by atoms with Gasteiger partial charge in [-0.15, -0.1) is 0 Å². The van der Waals surface area contributed by atoms with Gasteiger partial charge < -0.3 is 20.5 Å². The van der Waals surface area contributed by atoms with Crippen LogP contribution in [-0.4, -0.2) is 41.3 Å². The number of nitrogens with one attached hydrogen (secondary N) is 2. The summed E-state index contributed by atoms with van der Waals surface area (Å²) in [6, 6.07) is -0.404. The van der Waals surface area contributed by atoms with Crippen LogP contribution in [0.1, 0.15) is 54.4 Å². The largest absolute Gasteiger partial charge is 0.481 e. The van der Waals surface area contributed by atoms with Crippen molar-refractivity contribution in [1.82, 2.24) is 10.6 Å². The van der Waals surface area contributed by atoms with Gasteiger partial charge in [0.2, 0.25) is 5.91 Å². The lowest BCUT2D eigenvalue weighted by molar-refractivity contribution is -0.142. The van der Waals surface area contributed by atoms with E-state index in [0.717, 1.165) is 0 Å². The summed E-state index contributed by atoms with van der Waals surface area (Å²) in [5.41, 5.74) is -0.600. The molecule has 0 saturated carbocycles. The summed E-state index contributed by atoms with van der Waals surface area (Å²) in [6.07, 6.45) is -0.0183. The van der Waals surface area contributed by atoms with Gasteiger partial charge in [-0.1, -0.05) is 13.8 Å². The van der Waals surface area contributed by atoms with Gasteiger partial charge in [0.15, 0.2) is 0 Å². The first-order chi connectivity index (χ1) is 10.4. The molecule has 0 bridgehead atoms. The van der Waals surface area contributed by atoms with Crippen LogP contribution < -0.4 is 10.6 Å². The van der Waals surface area contributed by atoms with Gasteiger partial charge in [-0.05, 0) is 40.0 Å². The molecular weight excluding hydrogens is 300 g/mol. The maximum Gasteiger partial charge on any atom is 0.407 e. The Morgan fingerprint density at radius 2 is 1.70 bits per heavy atom. The van der Waals surface area contributed by atoms with Gasteiger partial charge in [0.25, 0.3) is 0 Å². The molecule has 0 rings (SSSR count). The Balaban J connectivity index is 4.22. The molecule has 2 unspecified atom stereocenters. The number of rotatable bonds is 8. The quantitative estimate of drug-likeness (QED) is 0.632. The number of amides is 2. The number of hydrogen-bond acceptors (Lipinski definition) is 4. The number of carbonyl (C=O) groups is 3. The van der Waals surface area contributed by atoms with E-state index in [4.69, 9.17) is 9.84 Å². The average Bonchev–Trinajstić information content (AvgIpc) is 2.30. The fraction of sp³-hybridized carbons (Fsp3) is 0.812. The molecule has 0 aliphatic carbocycles. The minimum atomic E-state index is -0.918. The lowest BCUT2D eigenvalue weighted by Crippen LogP contribution is -2.41. The Hall–Kier alpha value is -1.79. The van der Waals surface area contributed by atoms with Crippen molar-refractivity contribution in [2.75, 3.05) is 6.54 Å². The maximum atomic E-state index is 11.8. The predicted octanol–water partition coefficient (Wildman–Crippen LogP) is 2.15. The summed E-state index contributed by atoms with van der Waals surface area (Å²) in [5, 5.41) is 14.3. The Labute approximate surface area is 138 Å². The Morgan fingerprint density at radius 1 is 1.13 bits per heavy atom. The molecule has 0 saturated heterocycles. The van der Waals surface area contributed by atoms with Gasteiger partial charge in [-0.25, -0.2) is 4.79 Å². The van der Waals surface area contributed by atoms with Gasteiger partial charge >= 0.3 is 12.1 Å². The third kappa shape index (κ3) is 11.4. The van der Waals surface area contributed by atoms with Crippen LogP contribution in [-0.2, 0) is 14.3 Å². The van der Waals surface area contributed by atoms with E-state index in [1.807, 2.05) is 13.8 Å². The van der Waals surface area contributed by atoms with E-state index in [1.54, 1.807) is 27.7 Å². The van der Waals surface area contributed by atoms with Crippen LogP contribution in [0.2, 0.25) is 0 Å². The first kappa shape index (κ1) is 21.2. The lowest BCUT2D eigenvalue weighted by Gasteiger charge is -2.22. The van der Waals surface area contributed by atoms with Crippen molar-refractivity contribution in [3.8, 4) is 0 Å². The second-order valence-electron chi connectivity index (χ2n) is 7.22. The molecule has 0 spiro atoms. The van der Waals surface area contributed by atoms with Gasteiger partial charge in [-0.3, -0.25) is 9.59 Å². The molecule has 0 aromatic heterocycles. The van der Waals surface area contributed by atoms with Crippen LogP contribution in [0, 0.1) is 11.8 Å². The van der Waals surface area contributed by atoms with Crippen molar-refractivity contribution >= 4 is 18.0 Å². The summed E-state index contributed by atoms with van der Waals surface area (Å²) < 4.78 is 5.10. The molecule has 23 heavy (non-hydrogen) atoms. The molecule has 0 aromatic carbocycles. The number of alkyl carbamates (subject to hydrolysis) is 1. The Morgan fingerprint density at radius 3 is 2.13 bits per heavy atom. The molecule has 0 aliphatic rings. The van der Waals surface area contributed by atoms with Gasteiger partial charge in [-0.2, -0.15) is 0 Å². The molecule has 2 amide bonds. The fourth-order valence-electron chi connectivity index (χ4n) is 1.99. The van der Waals surface area contributed by atoms with Gasteiger partial charge in [0.1, 0.15) is 5.60 Å². The summed E-state index contributed by atoms with van der Waals surface area (Å²) in [7, 11) is 0. The van der Waals surface area contributed by atoms with Gasteiger partial charge in [0, 0.05) is 19.0 Å². The SMILES string of the molecule is CC(C)CC(CNC(=O)CC(C)NC(=O)OC(C)(C)C)C(=O)O. The molecular formula is C16H30N2O5. The van der Waals surface area contributed by atoms with Crippen molar-refractivity contribution in [1.29, 1.82) is 0 Å². The molecule has 0 fully saturated rings. The van der Waals surface area contributed by atoms with Crippen LogP contribution in [0.5, 0.6) is 0 Å². The van der Waals surface area contributed by atoms with Crippen molar-refractivity contribution in [2.45, 2.75) is 66.0 Å². The van der Waals surface area contributed by atoms with Crippen molar-refractivity contribution in [3.63, 3.8) is 0 Å². The second kappa shape index (κ2) is 9.37. The number of carboxylic acid groups (broad SMARTS) is 1. The van der Waals surface area contributed by atoms with Crippen LogP contribution in [0.15, 0.2) is 0 Å². The molecule has 0 aliphatic heterocycles. The molecule has 0 aromatic rings. The highest BCUT2D eigenvalue weighted by Crippen LogP contribution is 2.11. The molecule has 3 N–H and O–H groups in total. The predicted molar refractivity (Wildman–Crippen MR) is 87.0 cm³/mol. The summed E-state index contributed by atoms with van der Waals surface area (Å²) >= 11 is 0. The first-order valence-corrected chi connectivity index (χ1v) is 7.89. The zero-order valence-electron chi connectivity index (χ0n) is 14.9. The fourth-order valence-corrected chi connectivity index (χ4v) is 1.99. The van der Waals surface area contributed by atoms with E-state index in [0.29, 0.717) is 6.42 Å². The highest BCUT2D eigenvalue weighted by Gasteiger charge is 2.21. The minimum absolute atomic E-state index is 0.0628. The molecule has 0 radical (unpaired) electrons. The molecule has 134 valence electrons. The van der Waals surface area contributed by atoms with Crippen LogP contribution in [0.4, 0.5) is 4.79 Å². The summed E-state index contributed by atoms with van der Waals surface area (Å²) in [6.45, 7) is 10.9. The average molecular weight is 330 g/mol. The normalized spacial score (nSPS) is 14.0. The van der Waals surface area contributed by atoms with Crippen LogP contribution in [0.25, 0.3) is 0 Å². The monoisotopic (exact) mass is 330 g/mol. The highest BCUT2D eigenvalue weighted by molar-refractivity contribution is 5.78. The van der Waals surface area contributed by atoms with E-state index >= 15 is 0 Å². The van der Waals surface area contributed by atoms with Crippen molar-refractivity contribution in [2.24, 2.45) is 11.8 Å². The third-order valence-electron chi connectivity index (χ3n) is 2.91. The van der Waals surface area contributed by atoms with Crippen LogP contribution in [0.3, 0.4) is 0 Å².